The van der Waals surface area contributed by atoms with Gasteiger partial charge in [0.2, 0.25) is 0 Å². The molecule has 72 valence electrons. The van der Waals surface area contributed by atoms with Crippen LogP contribution >= 0.6 is 11.6 Å². The molecule has 0 aliphatic rings. The molecular formula is C10H14ClNO. The number of halogens is 1. The van der Waals surface area contributed by atoms with Crippen molar-refractivity contribution in [1.82, 2.24) is 4.98 Å². The maximum Gasteiger partial charge on any atom is 0.129 e. The lowest BCUT2D eigenvalue weighted by atomic mass is 10.3. The second-order valence-electron chi connectivity index (χ2n) is 3.02. The maximum atomic E-state index is 5.73. The van der Waals surface area contributed by atoms with Crippen LogP contribution in [0.15, 0.2) is 18.3 Å². The van der Waals surface area contributed by atoms with Gasteiger partial charge >= 0.3 is 0 Å². The highest BCUT2D eigenvalue weighted by atomic mass is 35.5. The predicted octanol–water partition coefficient (Wildman–Crippen LogP) is 3.05. The summed E-state index contributed by atoms with van der Waals surface area (Å²) in [6, 6.07) is 3.73. The van der Waals surface area contributed by atoms with E-state index in [-0.39, 0.29) is 0 Å². The zero-order valence-electron chi connectivity index (χ0n) is 7.96. The zero-order chi connectivity index (χ0) is 9.68. The topological polar surface area (TPSA) is 22.1 Å². The third-order valence-corrected chi connectivity index (χ3v) is 2.11. The van der Waals surface area contributed by atoms with Gasteiger partial charge in [-0.2, -0.15) is 0 Å². The van der Waals surface area contributed by atoms with Gasteiger partial charge in [0, 0.05) is 6.20 Å². The second kappa shape index (κ2) is 5.20. The van der Waals surface area contributed by atoms with Crippen molar-refractivity contribution in [2.45, 2.75) is 33.0 Å². The number of ether oxygens (including phenoxy) is 1. The molecule has 0 amide bonds. The summed E-state index contributed by atoms with van der Waals surface area (Å²) >= 11 is 5.73. The number of hydrogen-bond donors (Lipinski definition) is 0. The Morgan fingerprint density at radius 1 is 1.62 bits per heavy atom. The number of aromatic nitrogens is 1. The van der Waals surface area contributed by atoms with Crippen LogP contribution in [0, 0.1) is 0 Å². The first-order valence-electron chi connectivity index (χ1n) is 4.44. The molecule has 13 heavy (non-hydrogen) atoms. The van der Waals surface area contributed by atoms with E-state index < -0.39 is 0 Å². The van der Waals surface area contributed by atoms with E-state index in [0.29, 0.717) is 17.9 Å². The van der Waals surface area contributed by atoms with Crippen LogP contribution in [0.5, 0.6) is 0 Å². The van der Waals surface area contributed by atoms with Gasteiger partial charge in [0.15, 0.2) is 0 Å². The number of nitrogens with zero attached hydrogens (tertiary/aromatic N) is 1. The standard InChI is InChI=1S/C10H14ClNO/c1-3-8(2)13-7-9-4-5-12-10(11)6-9/h4-6,8H,3,7H2,1-2H3. The molecule has 0 fully saturated rings. The first kappa shape index (κ1) is 10.5. The Kier molecular flexibility index (Phi) is 4.19. The predicted molar refractivity (Wildman–Crippen MR) is 53.8 cm³/mol. The van der Waals surface area contributed by atoms with Crippen molar-refractivity contribution in [1.29, 1.82) is 0 Å². The molecule has 1 aromatic heterocycles. The average molecular weight is 200 g/mol. The molecule has 0 radical (unpaired) electrons. The fourth-order valence-electron chi connectivity index (χ4n) is 0.889. The molecule has 0 bridgehead atoms. The minimum absolute atomic E-state index is 0.298. The highest BCUT2D eigenvalue weighted by molar-refractivity contribution is 6.29. The lowest BCUT2D eigenvalue weighted by Gasteiger charge is -2.10. The van der Waals surface area contributed by atoms with Gasteiger partial charge in [-0.05, 0) is 31.0 Å². The van der Waals surface area contributed by atoms with E-state index in [0.717, 1.165) is 12.0 Å². The molecule has 2 nitrogen and oxygen atoms in total. The van der Waals surface area contributed by atoms with E-state index in [4.69, 9.17) is 16.3 Å². The molecule has 0 aliphatic heterocycles. The van der Waals surface area contributed by atoms with Gasteiger partial charge in [-0.1, -0.05) is 18.5 Å². The zero-order valence-corrected chi connectivity index (χ0v) is 8.71. The molecular weight excluding hydrogens is 186 g/mol. The van der Waals surface area contributed by atoms with Crippen LogP contribution in [-0.2, 0) is 11.3 Å². The number of hydrogen-bond acceptors (Lipinski definition) is 2. The van der Waals surface area contributed by atoms with E-state index >= 15 is 0 Å². The summed E-state index contributed by atoms with van der Waals surface area (Å²) < 4.78 is 5.55. The first-order chi connectivity index (χ1) is 6.22. The van der Waals surface area contributed by atoms with Crippen molar-refractivity contribution < 1.29 is 4.74 Å². The summed E-state index contributed by atoms with van der Waals surface area (Å²) in [5.41, 5.74) is 1.07. The number of pyridine rings is 1. The van der Waals surface area contributed by atoms with Crippen LogP contribution in [-0.4, -0.2) is 11.1 Å². The summed E-state index contributed by atoms with van der Waals surface area (Å²) in [5, 5.41) is 0.519. The Balaban J connectivity index is 2.45. The molecule has 1 atom stereocenters. The third kappa shape index (κ3) is 3.75. The van der Waals surface area contributed by atoms with E-state index in [1.54, 1.807) is 6.20 Å². The van der Waals surface area contributed by atoms with Gasteiger partial charge < -0.3 is 4.74 Å². The van der Waals surface area contributed by atoms with Crippen LogP contribution in [0.2, 0.25) is 5.15 Å². The summed E-state index contributed by atoms with van der Waals surface area (Å²) in [4.78, 5) is 3.90. The second-order valence-corrected chi connectivity index (χ2v) is 3.40. The lowest BCUT2D eigenvalue weighted by Crippen LogP contribution is -2.05. The van der Waals surface area contributed by atoms with Crippen molar-refractivity contribution in [2.24, 2.45) is 0 Å². The van der Waals surface area contributed by atoms with E-state index in [9.17, 15) is 0 Å². The fourth-order valence-corrected chi connectivity index (χ4v) is 1.09. The van der Waals surface area contributed by atoms with Crippen molar-refractivity contribution >= 4 is 11.6 Å². The van der Waals surface area contributed by atoms with Crippen LogP contribution < -0.4 is 0 Å². The first-order valence-corrected chi connectivity index (χ1v) is 4.82. The van der Waals surface area contributed by atoms with Gasteiger partial charge in [-0.3, -0.25) is 0 Å². The molecule has 0 saturated heterocycles. The summed E-state index contributed by atoms with van der Waals surface area (Å²) in [7, 11) is 0. The Hall–Kier alpha value is -0.600. The molecule has 0 spiro atoms. The van der Waals surface area contributed by atoms with Gasteiger partial charge in [-0.15, -0.1) is 0 Å². The van der Waals surface area contributed by atoms with Crippen LogP contribution in [0.4, 0.5) is 0 Å². The average Bonchev–Trinajstić information content (AvgIpc) is 2.14. The quantitative estimate of drug-likeness (QED) is 0.696. The molecule has 1 aromatic rings. The van der Waals surface area contributed by atoms with Crippen LogP contribution in [0.25, 0.3) is 0 Å². The molecule has 0 aliphatic carbocycles. The smallest absolute Gasteiger partial charge is 0.129 e. The Labute approximate surface area is 83.9 Å². The molecule has 0 saturated carbocycles. The van der Waals surface area contributed by atoms with E-state index in [2.05, 4.69) is 18.8 Å². The molecule has 3 heteroatoms. The van der Waals surface area contributed by atoms with Gasteiger partial charge in [0.25, 0.3) is 0 Å². The van der Waals surface area contributed by atoms with Crippen LogP contribution in [0.3, 0.4) is 0 Å². The highest BCUT2D eigenvalue weighted by Crippen LogP contribution is 2.09. The minimum atomic E-state index is 0.298. The van der Waals surface area contributed by atoms with Gasteiger partial charge in [0.05, 0.1) is 12.7 Å². The minimum Gasteiger partial charge on any atom is -0.374 e. The molecule has 1 heterocycles. The van der Waals surface area contributed by atoms with Crippen molar-refractivity contribution in [3.05, 3.63) is 29.0 Å². The van der Waals surface area contributed by atoms with Gasteiger partial charge in [0.1, 0.15) is 5.15 Å². The highest BCUT2D eigenvalue weighted by Gasteiger charge is 1.99. The Morgan fingerprint density at radius 2 is 2.38 bits per heavy atom. The van der Waals surface area contributed by atoms with E-state index in [1.807, 2.05) is 12.1 Å². The SMILES string of the molecule is CCC(C)OCc1ccnc(Cl)c1. The monoisotopic (exact) mass is 199 g/mol. The Bertz CT molecular complexity index is 265. The summed E-state index contributed by atoms with van der Waals surface area (Å²) in [6.45, 7) is 4.77. The fraction of sp³-hybridized carbons (Fsp3) is 0.500. The largest absolute Gasteiger partial charge is 0.374 e. The van der Waals surface area contributed by atoms with Crippen molar-refractivity contribution in [3.8, 4) is 0 Å². The summed E-state index contributed by atoms with van der Waals surface area (Å²) in [5.74, 6) is 0. The van der Waals surface area contributed by atoms with Crippen LogP contribution in [0.1, 0.15) is 25.8 Å². The van der Waals surface area contributed by atoms with Crippen molar-refractivity contribution in [2.75, 3.05) is 0 Å². The molecule has 1 unspecified atom stereocenters. The molecule has 0 N–H and O–H groups in total. The normalized spacial score (nSPS) is 12.8. The Morgan fingerprint density at radius 3 is 3.00 bits per heavy atom. The van der Waals surface area contributed by atoms with Crippen molar-refractivity contribution in [3.63, 3.8) is 0 Å². The molecule has 0 aromatic carbocycles. The maximum absolute atomic E-state index is 5.73. The number of rotatable bonds is 4. The van der Waals surface area contributed by atoms with E-state index in [1.165, 1.54) is 0 Å². The lowest BCUT2D eigenvalue weighted by molar-refractivity contribution is 0.0508. The molecule has 1 rings (SSSR count). The summed E-state index contributed by atoms with van der Waals surface area (Å²) in [6.07, 6.45) is 3.02. The third-order valence-electron chi connectivity index (χ3n) is 1.90. The van der Waals surface area contributed by atoms with Gasteiger partial charge in [-0.25, -0.2) is 4.98 Å².